The summed E-state index contributed by atoms with van der Waals surface area (Å²) in [6, 6.07) is 8.91. The number of carbonyl (C=O) groups is 1. The molecule has 3 aromatic heterocycles. The summed E-state index contributed by atoms with van der Waals surface area (Å²) in [5, 5.41) is 10.8. The lowest BCUT2D eigenvalue weighted by molar-refractivity contribution is -0.113. The van der Waals surface area contributed by atoms with E-state index in [1.807, 2.05) is 6.07 Å². The maximum Gasteiger partial charge on any atom is 0.277 e. The maximum absolute atomic E-state index is 11.9. The number of hydrogen-bond acceptors (Lipinski definition) is 7. The molecule has 3 heterocycles. The summed E-state index contributed by atoms with van der Waals surface area (Å²) in [7, 11) is 0. The van der Waals surface area contributed by atoms with Crippen LogP contribution in [0.5, 0.6) is 0 Å². The molecule has 0 unspecified atom stereocenters. The first-order valence-corrected chi connectivity index (χ1v) is 8.28. The zero-order valence-electron chi connectivity index (χ0n) is 11.6. The molecule has 3 rings (SSSR count). The number of halogens is 1. The van der Waals surface area contributed by atoms with Crippen LogP contribution in [0.15, 0.2) is 56.8 Å². The molecule has 0 aromatic carbocycles. The lowest BCUT2D eigenvalue weighted by Crippen LogP contribution is -2.14. The fourth-order valence-corrected chi connectivity index (χ4v) is 2.41. The van der Waals surface area contributed by atoms with E-state index in [0.29, 0.717) is 22.6 Å². The minimum absolute atomic E-state index is 0.140. The van der Waals surface area contributed by atoms with Crippen molar-refractivity contribution in [3.63, 3.8) is 0 Å². The molecule has 1 N–H and O–H groups in total. The minimum atomic E-state index is -0.206. The second-order valence-corrected chi connectivity index (χ2v) is 6.13. The van der Waals surface area contributed by atoms with Crippen molar-refractivity contribution < 1.29 is 9.21 Å². The first-order chi connectivity index (χ1) is 11.2. The van der Waals surface area contributed by atoms with E-state index in [1.54, 1.807) is 36.7 Å². The Morgan fingerprint density at radius 1 is 1.22 bits per heavy atom. The molecule has 0 bridgehead atoms. The van der Waals surface area contributed by atoms with Crippen LogP contribution in [-0.4, -0.2) is 31.8 Å². The van der Waals surface area contributed by atoms with Crippen molar-refractivity contribution in [2.45, 2.75) is 5.22 Å². The highest BCUT2D eigenvalue weighted by molar-refractivity contribution is 9.10. The Kier molecular flexibility index (Phi) is 4.99. The Labute approximate surface area is 144 Å². The number of nitrogens with zero attached hydrogens (tertiary/aromatic N) is 4. The van der Waals surface area contributed by atoms with Gasteiger partial charge < -0.3 is 9.73 Å². The number of pyridine rings is 2. The first kappa shape index (κ1) is 15.6. The Morgan fingerprint density at radius 2 is 2.13 bits per heavy atom. The Balaban J connectivity index is 1.55. The molecule has 0 saturated carbocycles. The van der Waals surface area contributed by atoms with Crippen LogP contribution in [0.25, 0.3) is 11.6 Å². The third kappa shape index (κ3) is 4.36. The molecule has 1 amide bonds. The standard InChI is InChI=1S/C14H10BrN5O2S/c15-9-4-5-11(17-7-9)18-12(21)8-23-14-20-19-13(22-14)10-3-1-2-6-16-10/h1-7H,8H2,(H,17,18,21). The van der Waals surface area contributed by atoms with Gasteiger partial charge in [-0.15, -0.1) is 10.2 Å². The molecule has 9 heteroatoms. The van der Waals surface area contributed by atoms with Crippen LogP contribution < -0.4 is 5.32 Å². The third-order valence-corrected chi connectivity index (χ3v) is 3.90. The number of rotatable bonds is 5. The molecule has 23 heavy (non-hydrogen) atoms. The quantitative estimate of drug-likeness (QED) is 0.667. The molecular weight excluding hydrogens is 382 g/mol. The highest BCUT2D eigenvalue weighted by Crippen LogP contribution is 2.21. The van der Waals surface area contributed by atoms with E-state index in [-0.39, 0.29) is 11.7 Å². The number of anilines is 1. The van der Waals surface area contributed by atoms with Gasteiger partial charge in [-0.1, -0.05) is 17.8 Å². The predicted molar refractivity (Wildman–Crippen MR) is 88.8 cm³/mol. The maximum atomic E-state index is 11.9. The van der Waals surface area contributed by atoms with Gasteiger partial charge in [-0.2, -0.15) is 0 Å². The molecule has 116 valence electrons. The van der Waals surface area contributed by atoms with Crippen LogP contribution in [-0.2, 0) is 4.79 Å². The average Bonchev–Trinajstić information content (AvgIpc) is 3.05. The van der Waals surface area contributed by atoms with Gasteiger partial charge >= 0.3 is 0 Å². The van der Waals surface area contributed by atoms with E-state index < -0.39 is 0 Å². The number of hydrogen-bond donors (Lipinski definition) is 1. The van der Waals surface area contributed by atoms with Gasteiger partial charge in [0.25, 0.3) is 11.1 Å². The van der Waals surface area contributed by atoms with Gasteiger partial charge in [-0.25, -0.2) is 4.98 Å². The van der Waals surface area contributed by atoms with Crippen LogP contribution in [0.4, 0.5) is 5.82 Å². The molecule has 0 radical (unpaired) electrons. The number of carbonyl (C=O) groups excluding carboxylic acids is 1. The molecule has 0 aliphatic heterocycles. The number of nitrogens with one attached hydrogen (secondary N) is 1. The average molecular weight is 392 g/mol. The summed E-state index contributed by atoms with van der Waals surface area (Å²) < 4.78 is 6.31. The molecule has 0 saturated heterocycles. The lowest BCUT2D eigenvalue weighted by atomic mass is 10.3. The lowest BCUT2D eigenvalue weighted by Gasteiger charge is -2.02. The van der Waals surface area contributed by atoms with Crippen LogP contribution >= 0.6 is 27.7 Å². The summed E-state index contributed by atoms with van der Waals surface area (Å²) in [5.41, 5.74) is 0.593. The van der Waals surface area contributed by atoms with Crippen molar-refractivity contribution in [2.75, 3.05) is 11.1 Å². The molecule has 3 aromatic rings. The van der Waals surface area contributed by atoms with Crippen molar-refractivity contribution in [2.24, 2.45) is 0 Å². The molecule has 7 nitrogen and oxygen atoms in total. The topological polar surface area (TPSA) is 93.8 Å². The van der Waals surface area contributed by atoms with E-state index in [4.69, 9.17) is 4.42 Å². The zero-order chi connectivity index (χ0) is 16.1. The number of aromatic nitrogens is 4. The van der Waals surface area contributed by atoms with Gasteiger partial charge in [0.05, 0.1) is 5.75 Å². The van der Waals surface area contributed by atoms with Gasteiger partial charge in [-0.05, 0) is 40.2 Å². The smallest absolute Gasteiger partial charge is 0.277 e. The van der Waals surface area contributed by atoms with Gasteiger partial charge in [-0.3, -0.25) is 9.78 Å². The van der Waals surface area contributed by atoms with Crippen LogP contribution in [0.3, 0.4) is 0 Å². The summed E-state index contributed by atoms with van der Waals surface area (Å²) >= 11 is 4.43. The van der Waals surface area contributed by atoms with Gasteiger partial charge in [0, 0.05) is 16.9 Å². The Morgan fingerprint density at radius 3 is 2.87 bits per heavy atom. The van der Waals surface area contributed by atoms with E-state index in [2.05, 4.69) is 41.4 Å². The second kappa shape index (κ2) is 7.34. The molecular formula is C14H10BrN5O2S. The first-order valence-electron chi connectivity index (χ1n) is 6.50. The third-order valence-electron chi connectivity index (χ3n) is 2.61. The normalized spacial score (nSPS) is 10.5. The highest BCUT2D eigenvalue weighted by Gasteiger charge is 2.12. The molecule has 0 aliphatic rings. The van der Waals surface area contributed by atoms with E-state index in [0.717, 1.165) is 16.2 Å². The molecule has 0 atom stereocenters. The van der Waals surface area contributed by atoms with Crippen LogP contribution in [0.1, 0.15) is 0 Å². The van der Waals surface area contributed by atoms with Gasteiger partial charge in [0.1, 0.15) is 11.5 Å². The number of thioether (sulfide) groups is 1. The minimum Gasteiger partial charge on any atom is -0.410 e. The SMILES string of the molecule is O=C(CSc1nnc(-c2ccccn2)o1)Nc1ccc(Br)cn1. The summed E-state index contributed by atoms with van der Waals surface area (Å²) in [6.45, 7) is 0. The second-order valence-electron chi connectivity index (χ2n) is 4.29. The van der Waals surface area contributed by atoms with Crippen molar-refractivity contribution in [3.8, 4) is 11.6 Å². The van der Waals surface area contributed by atoms with E-state index in [9.17, 15) is 4.79 Å². The summed E-state index contributed by atoms with van der Waals surface area (Å²) in [6.07, 6.45) is 3.25. The molecule has 0 aliphatic carbocycles. The highest BCUT2D eigenvalue weighted by atomic mass is 79.9. The molecule has 0 fully saturated rings. The van der Waals surface area contributed by atoms with E-state index in [1.165, 1.54) is 0 Å². The van der Waals surface area contributed by atoms with Gasteiger partial charge in [0.2, 0.25) is 5.91 Å². The predicted octanol–water partition coefficient (Wildman–Crippen LogP) is 3.02. The van der Waals surface area contributed by atoms with Crippen molar-refractivity contribution in [1.82, 2.24) is 20.2 Å². The summed E-state index contributed by atoms with van der Waals surface area (Å²) in [4.78, 5) is 20.1. The van der Waals surface area contributed by atoms with E-state index >= 15 is 0 Å². The van der Waals surface area contributed by atoms with Crippen molar-refractivity contribution in [1.29, 1.82) is 0 Å². The summed E-state index contributed by atoms with van der Waals surface area (Å²) in [5.74, 6) is 0.741. The number of amides is 1. The van der Waals surface area contributed by atoms with Gasteiger partial charge in [0.15, 0.2) is 0 Å². The fraction of sp³-hybridized carbons (Fsp3) is 0.0714. The van der Waals surface area contributed by atoms with Crippen molar-refractivity contribution in [3.05, 3.63) is 47.2 Å². The largest absolute Gasteiger partial charge is 0.410 e. The Bertz CT molecular complexity index is 794. The molecule has 0 spiro atoms. The monoisotopic (exact) mass is 391 g/mol. The van der Waals surface area contributed by atoms with Crippen LogP contribution in [0, 0.1) is 0 Å². The fourth-order valence-electron chi connectivity index (χ4n) is 1.62. The van der Waals surface area contributed by atoms with Crippen LogP contribution in [0.2, 0.25) is 0 Å². The van der Waals surface area contributed by atoms with Crippen molar-refractivity contribution >= 4 is 39.4 Å². The Hall–Kier alpha value is -2.26. The zero-order valence-corrected chi connectivity index (χ0v) is 14.0.